The smallest absolute Gasteiger partial charge is 0.264 e. The second kappa shape index (κ2) is 7.30. The molecule has 0 aliphatic heterocycles. The van der Waals surface area contributed by atoms with Crippen LogP contribution in [0.3, 0.4) is 0 Å². The van der Waals surface area contributed by atoms with Crippen molar-refractivity contribution in [1.29, 1.82) is 0 Å². The summed E-state index contributed by atoms with van der Waals surface area (Å²) in [5, 5.41) is 0. The standard InChI is InChI=1S/C9H20O6S2/c1-4-9(8-15-17(3,12)13)6-5-7-14-16(2,10)11/h9H,4-8H2,1-3H3. The van der Waals surface area contributed by atoms with Gasteiger partial charge in [-0.3, -0.25) is 8.37 Å². The molecule has 0 aromatic heterocycles. The van der Waals surface area contributed by atoms with E-state index in [2.05, 4.69) is 4.18 Å². The largest absolute Gasteiger partial charge is 0.270 e. The fourth-order valence-corrected chi connectivity index (χ4v) is 2.07. The number of hydrogen-bond donors (Lipinski definition) is 0. The molecule has 1 atom stereocenters. The quantitative estimate of drug-likeness (QED) is 0.459. The molecule has 6 nitrogen and oxygen atoms in total. The Morgan fingerprint density at radius 2 is 1.53 bits per heavy atom. The van der Waals surface area contributed by atoms with Gasteiger partial charge in [-0.15, -0.1) is 0 Å². The van der Waals surface area contributed by atoms with Gasteiger partial charge in [0.25, 0.3) is 20.2 Å². The van der Waals surface area contributed by atoms with Crippen LogP contribution in [0.4, 0.5) is 0 Å². The first kappa shape index (κ1) is 16.8. The summed E-state index contributed by atoms with van der Waals surface area (Å²) in [7, 11) is -6.80. The third-order valence-electron chi connectivity index (χ3n) is 2.15. The molecule has 0 bridgehead atoms. The summed E-state index contributed by atoms with van der Waals surface area (Å²) in [4.78, 5) is 0. The first-order valence-electron chi connectivity index (χ1n) is 5.33. The summed E-state index contributed by atoms with van der Waals surface area (Å²) < 4.78 is 52.2. The van der Waals surface area contributed by atoms with E-state index >= 15 is 0 Å². The van der Waals surface area contributed by atoms with Gasteiger partial charge in [-0.2, -0.15) is 16.8 Å². The Morgan fingerprint density at radius 3 is 1.94 bits per heavy atom. The van der Waals surface area contributed by atoms with Crippen LogP contribution in [0.25, 0.3) is 0 Å². The van der Waals surface area contributed by atoms with Crippen molar-refractivity contribution in [2.24, 2.45) is 5.92 Å². The SMILES string of the molecule is CCC(CCCOS(C)(=O)=O)COS(C)(=O)=O. The van der Waals surface area contributed by atoms with Crippen LogP contribution in [0.15, 0.2) is 0 Å². The molecule has 0 aromatic rings. The Hall–Kier alpha value is -0.180. The van der Waals surface area contributed by atoms with Crippen molar-refractivity contribution in [2.45, 2.75) is 26.2 Å². The molecule has 0 rings (SSSR count). The van der Waals surface area contributed by atoms with Crippen LogP contribution in [0.2, 0.25) is 0 Å². The van der Waals surface area contributed by atoms with Crippen LogP contribution < -0.4 is 0 Å². The number of hydrogen-bond acceptors (Lipinski definition) is 6. The molecule has 0 amide bonds. The minimum atomic E-state index is -3.41. The summed E-state index contributed by atoms with van der Waals surface area (Å²) in [5.41, 5.74) is 0. The lowest BCUT2D eigenvalue weighted by Crippen LogP contribution is -2.14. The van der Waals surface area contributed by atoms with Crippen LogP contribution in [0.1, 0.15) is 26.2 Å². The maximum absolute atomic E-state index is 10.8. The van der Waals surface area contributed by atoms with E-state index in [1.165, 1.54) is 0 Å². The summed E-state index contributed by atoms with van der Waals surface area (Å²) in [6.07, 6.45) is 4.00. The van der Waals surface area contributed by atoms with Gasteiger partial charge in [-0.05, 0) is 18.8 Å². The molecule has 0 aliphatic rings. The lowest BCUT2D eigenvalue weighted by Gasteiger charge is -2.13. The zero-order valence-electron chi connectivity index (χ0n) is 10.4. The minimum Gasteiger partial charge on any atom is -0.270 e. The highest BCUT2D eigenvalue weighted by atomic mass is 32.2. The summed E-state index contributed by atoms with van der Waals surface area (Å²) in [6, 6.07) is 0. The van der Waals surface area contributed by atoms with E-state index in [-0.39, 0.29) is 19.1 Å². The predicted molar refractivity (Wildman–Crippen MR) is 64.6 cm³/mol. The van der Waals surface area contributed by atoms with Crippen molar-refractivity contribution in [3.05, 3.63) is 0 Å². The maximum atomic E-state index is 10.8. The molecule has 8 heteroatoms. The van der Waals surface area contributed by atoms with Crippen LogP contribution >= 0.6 is 0 Å². The zero-order valence-corrected chi connectivity index (χ0v) is 12.0. The normalized spacial score (nSPS) is 14.8. The molecule has 0 fully saturated rings. The predicted octanol–water partition coefficient (Wildman–Crippen LogP) is 0.745. The van der Waals surface area contributed by atoms with Gasteiger partial charge in [0.05, 0.1) is 25.7 Å². The van der Waals surface area contributed by atoms with Crippen molar-refractivity contribution < 1.29 is 25.2 Å². The molecule has 0 radical (unpaired) electrons. The Bertz CT molecular complexity index is 397. The monoisotopic (exact) mass is 288 g/mol. The van der Waals surface area contributed by atoms with Crippen LogP contribution in [-0.4, -0.2) is 42.6 Å². The van der Waals surface area contributed by atoms with Gasteiger partial charge in [0.15, 0.2) is 0 Å². The fourth-order valence-electron chi connectivity index (χ4n) is 1.21. The third-order valence-corrected chi connectivity index (χ3v) is 3.31. The minimum absolute atomic E-state index is 0.0906. The van der Waals surface area contributed by atoms with Crippen molar-refractivity contribution in [3.63, 3.8) is 0 Å². The van der Waals surface area contributed by atoms with Crippen LogP contribution in [0, 0.1) is 5.92 Å². The van der Waals surface area contributed by atoms with Gasteiger partial charge in [-0.1, -0.05) is 13.3 Å². The van der Waals surface area contributed by atoms with Gasteiger partial charge < -0.3 is 0 Å². The van der Waals surface area contributed by atoms with Crippen molar-refractivity contribution in [2.75, 3.05) is 25.7 Å². The lowest BCUT2D eigenvalue weighted by molar-refractivity contribution is 0.227. The van der Waals surface area contributed by atoms with Crippen molar-refractivity contribution in [3.8, 4) is 0 Å². The average Bonchev–Trinajstić information content (AvgIpc) is 2.13. The molecular weight excluding hydrogens is 268 g/mol. The zero-order chi connectivity index (χ0) is 13.5. The molecule has 0 aliphatic carbocycles. The van der Waals surface area contributed by atoms with E-state index in [1.807, 2.05) is 6.92 Å². The topological polar surface area (TPSA) is 86.7 Å². The Kier molecular flexibility index (Phi) is 7.22. The maximum Gasteiger partial charge on any atom is 0.264 e. The molecule has 0 N–H and O–H groups in total. The summed E-state index contributed by atoms with van der Waals surface area (Å²) in [6.45, 7) is 2.18. The van der Waals surface area contributed by atoms with Crippen LogP contribution in [0.5, 0.6) is 0 Å². The van der Waals surface area contributed by atoms with Gasteiger partial charge in [0.1, 0.15) is 0 Å². The highest BCUT2D eigenvalue weighted by Gasteiger charge is 2.11. The van der Waals surface area contributed by atoms with E-state index in [1.54, 1.807) is 0 Å². The second-order valence-electron chi connectivity index (χ2n) is 3.93. The molecule has 104 valence electrons. The fraction of sp³-hybridized carbons (Fsp3) is 1.00. The number of rotatable bonds is 9. The first-order chi connectivity index (χ1) is 7.64. The molecule has 1 unspecified atom stereocenters. The highest BCUT2D eigenvalue weighted by molar-refractivity contribution is 7.86. The third kappa shape index (κ3) is 12.1. The summed E-state index contributed by atoms with van der Waals surface area (Å²) >= 11 is 0. The highest BCUT2D eigenvalue weighted by Crippen LogP contribution is 2.12. The lowest BCUT2D eigenvalue weighted by atomic mass is 10.0. The van der Waals surface area contributed by atoms with E-state index in [0.29, 0.717) is 12.8 Å². The van der Waals surface area contributed by atoms with E-state index in [9.17, 15) is 16.8 Å². The van der Waals surface area contributed by atoms with Gasteiger partial charge >= 0.3 is 0 Å². The molecule has 0 saturated carbocycles. The van der Waals surface area contributed by atoms with Crippen molar-refractivity contribution >= 4 is 20.2 Å². The van der Waals surface area contributed by atoms with E-state index < -0.39 is 20.2 Å². The molecule has 17 heavy (non-hydrogen) atoms. The van der Waals surface area contributed by atoms with Gasteiger partial charge in [0, 0.05) is 0 Å². The Balaban J connectivity index is 3.84. The van der Waals surface area contributed by atoms with Gasteiger partial charge in [-0.25, -0.2) is 0 Å². The van der Waals surface area contributed by atoms with E-state index in [0.717, 1.165) is 18.9 Å². The summed E-state index contributed by atoms with van der Waals surface area (Å²) in [5.74, 6) is 0.0906. The Morgan fingerprint density at radius 1 is 1.00 bits per heavy atom. The second-order valence-corrected chi connectivity index (χ2v) is 7.22. The molecular formula is C9H20O6S2. The molecule has 0 spiro atoms. The molecule has 0 saturated heterocycles. The van der Waals surface area contributed by atoms with Gasteiger partial charge in [0.2, 0.25) is 0 Å². The Labute approximate surface area is 104 Å². The van der Waals surface area contributed by atoms with Crippen molar-refractivity contribution in [1.82, 2.24) is 0 Å². The molecule has 0 aromatic carbocycles. The first-order valence-corrected chi connectivity index (χ1v) is 8.96. The van der Waals surface area contributed by atoms with Crippen LogP contribution in [-0.2, 0) is 28.6 Å². The molecule has 0 heterocycles. The van der Waals surface area contributed by atoms with E-state index in [4.69, 9.17) is 4.18 Å². The average molecular weight is 288 g/mol.